The van der Waals surface area contributed by atoms with Gasteiger partial charge in [-0.15, -0.1) is 0 Å². The number of aryl methyl sites for hydroxylation is 1. The summed E-state index contributed by atoms with van der Waals surface area (Å²) in [6, 6.07) is 3.45. The molecule has 23 heavy (non-hydrogen) atoms. The number of H-pyrrole nitrogens is 1. The number of nitrogens with zero attached hydrogens (tertiary/aromatic N) is 1. The lowest BCUT2D eigenvalue weighted by Gasteiger charge is -2.34. The Morgan fingerprint density at radius 2 is 2.13 bits per heavy atom. The van der Waals surface area contributed by atoms with Crippen molar-refractivity contribution in [3.63, 3.8) is 0 Å². The molecule has 1 heterocycles. The second kappa shape index (κ2) is 6.32. The SMILES string of the molecule is Cc1cc(CC(N)C(=O)OC2(C)CCCCC2)cc2cn[nH]c12. The number of nitrogens with two attached hydrogens (primary N) is 1. The van der Waals surface area contributed by atoms with E-state index < -0.39 is 6.04 Å². The van der Waals surface area contributed by atoms with Crippen LogP contribution in [0.4, 0.5) is 0 Å². The number of hydrogen-bond acceptors (Lipinski definition) is 4. The Balaban J connectivity index is 1.67. The van der Waals surface area contributed by atoms with Crippen molar-refractivity contribution in [2.75, 3.05) is 0 Å². The molecule has 1 aliphatic carbocycles. The van der Waals surface area contributed by atoms with E-state index in [1.807, 2.05) is 19.9 Å². The monoisotopic (exact) mass is 315 g/mol. The molecule has 1 aliphatic rings. The van der Waals surface area contributed by atoms with E-state index in [-0.39, 0.29) is 11.6 Å². The molecule has 0 bridgehead atoms. The highest BCUT2D eigenvalue weighted by Crippen LogP contribution is 2.31. The van der Waals surface area contributed by atoms with Crippen LogP contribution >= 0.6 is 0 Å². The number of nitrogens with one attached hydrogen (secondary N) is 1. The van der Waals surface area contributed by atoms with E-state index >= 15 is 0 Å². The van der Waals surface area contributed by atoms with Gasteiger partial charge in [-0.3, -0.25) is 9.89 Å². The number of carbonyl (C=O) groups is 1. The molecule has 0 aliphatic heterocycles. The van der Waals surface area contributed by atoms with Crippen molar-refractivity contribution in [3.8, 4) is 0 Å². The maximum absolute atomic E-state index is 12.4. The summed E-state index contributed by atoms with van der Waals surface area (Å²) in [5, 5.41) is 8.07. The largest absolute Gasteiger partial charge is 0.458 e. The van der Waals surface area contributed by atoms with Gasteiger partial charge in [0.15, 0.2) is 0 Å². The lowest BCUT2D eigenvalue weighted by molar-refractivity contribution is -0.162. The molecule has 3 N–H and O–H groups in total. The van der Waals surface area contributed by atoms with Gasteiger partial charge in [-0.05, 0) is 63.1 Å². The molecule has 0 saturated heterocycles. The van der Waals surface area contributed by atoms with Crippen molar-refractivity contribution in [2.24, 2.45) is 5.73 Å². The lowest BCUT2D eigenvalue weighted by Crippen LogP contribution is -2.42. The van der Waals surface area contributed by atoms with Crippen LogP contribution in [0, 0.1) is 6.92 Å². The first-order chi connectivity index (χ1) is 11.0. The minimum atomic E-state index is -0.627. The number of carbonyl (C=O) groups excluding carboxylic acids is 1. The van der Waals surface area contributed by atoms with Crippen molar-refractivity contribution in [1.82, 2.24) is 10.2 Å². The van der Waals surface area contributed by atoms with Gasteiger partial charge in [0, 0.05) is 5.39 Å². The first kappa shape index (κ1) is 16.0. The Kier molecular flexibility index (Phi) is 4.39. The van der Waals surface area contributed by atoms with Crippen LogP contribution in [0.1, 0.15) is 50.2 Å². The molecule has 5 heteroatoms. The highest BCUT2D eigenvalue weighted by molar-refractivity contribution is 5.82. The summed E-state index contributed by atoms with van der Waals surface area (Å²) in [5.41, 5.74) is 8.93. The van der Waals surface area contributed by atoms with Gasteiger partial charge >= 0.3 is 5.97 Å². The number of hydrogen-bond donors (Lipinski definition) is 2. The number of esters is 1. The third-order valence-corrected chi connectivity index (χ3v) is 4.82. The number of benzene rings is 1. The summed E-state index contributed by atoms with van der Waals surface area (Å²) in [4.78, 5) is 12.4. The zero-order chi connectivity index (χ0) is 16.4. The van der Waals surface area contributed by atoms with Crippen LogP contribution in [0.5, 0.6) is 0 Å². The molecule has 1 saturated carbocycles. The van der Waals surface area contributed by atoms with Crippen molar-refractivity contribution in [1.29, 1.82) is 0 Å². The number of rotatable bonds is 4. The third-order valence-electron chi connectivity index (χ3n) is 4.82. The molecule has 2 aromatic rings. The topological polar surface area (TPSA) is 81.0 Å². The van der Waals surface area contributed by atoms with Crippen molar-refractivity contribution >= 4 is 16.9 Å². The van der Waals surface area contributed by atoms with Crippen LogP contribution in [0.3, 0.4) is 0 Å². The van der Waals surface area contributed by atoms with Gasteiger partial charge in [0.2, 0.25) is 0 Å². The number of fused-ring (bicyclic) bond motifs is 1. The standard InChI is InChI=1S/C18H25N3O2/c1-12-8-13(9-14-11-20-21-16(12)14)10-15(19)17(22)23-18(2)6-4-3-5-7-18/h8-9,11,15H,3-7,10,19H2,1-2H3,(H,20,21). The van der Waals surface area contributed by atoms with Gasteiger partial charge in [-0.2, -0.15) is 5.10 Å². The van der Waals surface area contributed by atoms with Crippen LogP contribution < -0.4 is 5.73 Å². The quantitative estimate of drug-likeness (QED) is 0.850. The van der Waals surface area contributed by atoms with Crippen LogP contribution in [-0.2, 0) is 16.0 Å². The molecule has 3 rings (SSSR count). The second-order valence-corrected chi connectivity index (χ2v) is 6.99. The zero-order valence-electron chi connectivity index (χ0n) is 13.9. The molecular formula is C18H25N3O2. The lowest BCUT2D eigenvalue weighted by atomic mass is 9.86. The van der Waals surface area contributed by atoms with Crippen LogP contribution in [0.25, 0.3) is 10.9 Å². The maximum atomic E-state index is 12.4. The summed E-state index contributed by atoms with van der Waals surface area (Å²) in [6.07, 6.45) is 7.61. The number of aromatic amines is 1. The Hall–Kier alpha value is -1.88. The van der Waals surface area contributed by atoms with Gasteiger partial charge in [0.25, 0.3) is 0 Å². The summed E-state index contributed by atoms with van der Waals surface area (Å²) in [6.45, 7) is 4.05. The number of ether oxygens (including phenoxy) is 1. The molecule has 0 amide bonds. The zero-order valence-corrected chi connectivity index (χ0v) is 13.9. The van der Waals surface area contributed by atoms with Crippen LogP contribution in [0.2, 0.25) is 0 Å². The number of aromatic nitrogens is 2. The molecule has 5 nitrogen and oxygen atoms in total. The predicted molar refractivity (Wildman–Crippen MR) is 90.1 cm³/mol. The Labute approximate surface area is 136 Å². The van der Waals surface area contributed by atoms with Crippen LogP contribution in [0.15, 0.2) is 18.3 Å². The molecular weight excluding hydrogens is 290 g/mol. The molecule has 1 aromatic heterocycles. The van der Waals surface area contributed by atoms with Gasteiger partial charge in [0.05, 0.1) is 11.7 Å². The highest BCUT2D eigenvalue weighted by atomic mass is 16.6. The Morgan fingerprint density at radius 3 is 2.87 bits per heavy atom. The summed E-state index contributed by atoms with van der Waals surface area (Å²) >= 11 is 0. The molecule has 0 radical (unpaired) electrons. The summed E-state index contributed by atoms with van der Waals surface area (Å²) in [5.74, 6) is -0.292. The normalized spacial score (nSPS) is 18.7. The molecule has 1 fully saturated rings. The third kappa shape index (κ3) is 3.55. The molecule has 1 unspecified atom stereocenters. The summed E-state index contributed by atoms with van der Waals surface area (Å²) in [7, 11) is 0. The first-order valence-electron chi connectivity index (χ1n) is 8.38. The maximum Gasteiger partial charge on any atom is 0.323 e. The first-order valence-corrected chi connectivity index (χ1v) is 8.38. The second-order valence-electron chi connectivity index (χ2n) is 6.99. The van der Waals surface area contributed by atoms with Crippen molar-refractivity contribution in [2.45, 2.75) is 64.0 Å². The average Bonchev–Trinajstić information content (AvgIpc) is 2.96. The van der Waals surface area contributed by atoms with Gasteiger partial charge in [0.1, 0.15) is 11.6 Å². The molecule has 1 atom stereocenters. The van der Waals surface area contributed by atoms with Crippen molar-refractivity contribution < 1.29 is 9.53 Å². The van der Waals surface area contributed by atoms with E-state index in [0.717, 1.165) is 47.7 Å². The van der Waals surface area contributed by atoms with Crippen LogP contribution in [-0.4, -0.2) is 27.8 Å². The minimum Gasteiger partial charge on any atom is -0.458 e. The van der Waals surface area contributed by atoms with E-state index in [2.05, 4.69) is 16.3 Å². The fourth-order valence-corrected chi connectivity index (χ4v) is 3.49. The summed E-state index contributed by atoms with van der Waals surface area (Å²) < 4.78 is 5.73. The van der Waals surface area contributed by atoms with Crippen molar-refractivity contribution in [3.05, 3.63) is 29.5 Å². The van der Waals surface area contributed by atoms with E-state index in [4.69, 9.17) is 10.5 Å². The van der Waals surface area contributed by atoms with E-state index in [1.54, 1.807) is 6.20 Å². The molecule has 0 spiro atoms. The van der Waals surface area contributed by atoms with E-state index in [1.165, 1.54) is 6.42 Å². The van der Waals surface area contributed by atoms with E-state index in [9.17, 15) is 4.79 Å². The van der Waals surface area contributed by atoms with Gasteiger partial charge in [-0.1, -0.05) is 12.5 Å². The Morgan fingerprint density at radius 1 is 1.39 bits per heavy atom. The minimum absolute atomic E-state index is 0.292. The average molecular weight is 315 g/mol. The molecule has 124 valence electrons. The smallest absolute Gasteiger partial charge is 0.323 e. The fraction of sp³-hybridized carbons (Fsp3) is 0.556. The fourth-order valence-electron chi connectivity index (χ4n) is 3.49. The predicted octanol–water partition coefficient (Wildman–Crippen LogP) is 3.01. The Bertz CT molecular complexity index is 701. The van der Waals surface area contributed by atoms with E-state index in [0.29, 0.717) is 6.42 Å². The van der Waals surface area contributed by atoms with Gasteiger partial charge in [-0.25, -0.2) is 0 Å². The van der Waals surface area contributed by atoms with Gasteiger partial charge < -0.3 is 10.5 Å². The molecule has 1 aromatic carbocycles. The highest BCUT2D eigenvalue weighted by Gasteiger charge is 2.32.